The Morgan fingerprint density at radius 1 is 1.29 bits per heavy atom. The van der Waals surface area contributed by atoms with Crippen molar-refractivity contribution in [2.75, 3.05) is 6.54 Å². The lowest BCUT2D eigenvalue weighted by Gasteiger charge is -2.09. The van der Waals surface area contributed by atoms with Crippen LogP contribution in [0, 0.1) is 5.82 Å². The molecule has 2 N–H and O–H groups in total. The highest BCUT2D eigenvalue weighted by molar-refractivity contribution is 7.89. The summed E-state index contributed by atoms with van der Waals surface area (Å²) in [5, 5.41) is 6.64. The molecule has 0 spiro atoms. The first-order valence-corrected chi connectivity index (χ1v) is 7.89. The lowest BCUT2D eigenvalue weighted by molar-refractivity contribution is 0.411. The van der Waals surface area contributed by atoms with Crippen LogP contribution < -0.4 is 10.0 Å². The van der Waals surface area contributed by atoms with Gasteiger partial charge in [-0.1, -0.05) is 18.1 Å². The molecule has 1 aromatic heterocycles. The summed E-state index contributed by atoms with van der Waals surface area (Å²) in [7, 11) is -3.95. The van der Waals surface area contributed by atoms with Gasteiger partial charge in [-0.15, -0.1) is 0 Å². The van der Waals surface area contributed by atoms with E-state index in [4.69, 9.17) is 0 Å². The van der Waals surface area contributed by atoms with Gasteiger partial charge in [0.25, 0.3) is 0 Å². The molecule has 8 heteroatoms. The molecule has 6 nitrogen and oxygen atoms in total. The summed E-state index contributed by atoms with van der Waals surface area (Å²) in [5.41, 5.74) is 1.11. The molecule has 2 aromatic rings. The summed E-state index contributed by atoms with van der Waals surface area (Å²) in [6, 6.07) is 5.55. The van der Waals surface area contributed by atoms with Gasteiger partial charge in [0.15, 0.2) is 0 Å². The molecule has 0 aliphatic carbocycles. The molecule has 114 valence electrons. The highest BCUT2D eigenvalue weighted by Gasteiger charge is 2.19. The number of rotatable bonds is 7. The average molecular weight is 313 g/mol. The van der Waals surface area contributed by atoms with Gasteiger partial charge in [0, 0.05) is 12.6 Å². The van der Waals surface area contributed by atoms with Crippen molar-refractivity contribution in [1.29, 1.82) is 0 Å². The Bertz CT molecular complexity index is 687. The molecule has 0 amide bonds. The van der Waals surface area contributed by atoms with Crippen molar-refractivity contribution in [2.45, 2.75) is 24.9 Å². The second-order valence-corrected chi connectivity index (χ2v) is 6.10. The van der Waals surface area contributed by atoms with E-state index in [1.807, 2.05) is 6.92 Å². The van der Waals surface area contributed by atoms with Gasteiger partial charge in [-0.2, -0.15) is 0 Å². The predicted octanol–water partition coefficient (Wildman–Crippen LogP) is 1.40. The molecule has 21 heavy (non-hydrogen) atoms. The molecule has 0 fully saturated rings. The fourth-order valence-electron chi connectivity index (χ4n) is 1.71. The second-order valence-electron chi connectivity index (χ2n) is 4.36. The Hall–Kier alpha value is -1.77. The largest absolute Gasteiger partial charge is 0.364 e. The molecule has 0 atom stereocenters. The van der Waals surface area contributed by atoms with Gasteiger partial charge >= 0.3 is 0 Å². The van der Waals surface area contributed by atoms with Gasteiger partial charge in [-0.25, -0.2) is 17.5 Å². The molecule has 0 radical (unpaired) electrons. The van der Waals surface area contributed by atoms with E-state index in [1.54, 1.807) is 6.07 Å². The maximum atomic E-state index is 13.8. The zero-order valence-electron chi connectivity index (χ0n) is 11.5. The van der Waals surface area contributed by atoms with Crippen molar-refractivity contribution in [3.63, 3.8) is 0 Å². The first kappa shape index (κ1) is 15.6. The molecule has 2 rings (SSSR count). The van der Waals surface area contributed by atoms with Crippen molar-refractivity contribution in [3.8, 4) is 0 Å². The maximum Gasteiger partial charge on any atom is 0.243 e. The molecule has 1 heterocycles. The van der Waals surface area contributed by atoms with Crippen molar-refractivity contribution in [3.05, 3.63) is 47.6 Å². The van der Waals surface area contributed by atoms with Crippen molar-refractivity contribution in [1.82, 2.24) is 15.2 Å². The fourth-order valence-corrected chi connectivity index (χ4v) is 2.83. The van der Waals surface area contributed by atoms with Crippen LogP contribution in [0.2, 0.25) is 0 Å². The minimum atomic E-state index is -3.95. The number of halogens is 1. The molecular formula is C13H16FN3O3S. The standard InChI is InChI=1S/C13H16FN3O3S/c1-2-15-8-10-3-4-12(14)13(7-10)21(18,19)16-9-11-5-6-20-17-11/h3-7,15-16H,2,8-9H2,1H3. The third-order valence-corrected chi connectivity index (χ3v) is 4.22. The van der Waals surface area contributed by atoms with Crippen LogP contribution in [-0.2, 0) is 23.1 Å². The zero-order chi connectivity index (χ0) is 15.3. The summed E-state index contributed by atoms with van der Waals surface area (Å²) < 4.78 is 45.0. The third-order valence-electron chi connectivity index (χ3n) is 2.80. The Balaban J connectivity index is 2.17. The quantitative estimate of drug-likeness (QED) is 0.807. The number of benzene rings is 1. The number of hydrogen-bond acceptors (Lipinski definition) is 5. The minimum Gasteiger partial charge on any atom is -0.364 e. The number of sulfonamides is 1. The van der Waals surface area contributed by atoms with E-state index in [0.717, 1.165) is 12.6 Å². The summed E-state index contributed by atoms with van der Waals surface area (Å²) in [6.45, 7) is 3.09. The number of nitrogens with one attached hydrogen (secondary N) is 2. The van der Waals surface area contributed by atoms with Crippen molar-refractivity contribution < 1.29 is 17.3 Å². The second kappa shape index (κ2) is 6.79. The summed E-state index contributed by atoms with van der Waals surface area (Å²) >= 11 is 0. The molecule has 0 aliphatic rings. The Morgan fingerprint density at radius 3 is 2.76 bits per heavy atom. The van der Waals surface area contributed by atoms with Gasteiger partial charge < -0.3 is 9.84 Å². The topological polar surface area (TPSA) is 84.2 Å². The number of aromatic nitrogens is 1. The lowest BCUT2D eigenvalue weighted by Crippen LogP contribution is -2.24. The maximum absolute atomic E-state index is 13.8. The Labute approximate surface area is 122 Å². The monoisotopic (exact) mass is 313 g/mol. The van der Waals surface area contributed by atoms with E-state index >= 15 is 0 Å². The van der Waals surface area contributed by atoms with E-state index in [2.05, 4.69) is 19.7 Å². The van der Waals surface area contributed by atoms with Gasteiger partial charge in [-0.05, 0) is 24.2 Å². The molecule has 1 aromatic carbocycles. The lowest BCUT2D eigenvalue weighted by atomic mass is 10.2. The summed E-state index contributed by atoms with van der Waals surface area (Å²) in [6.07, 6.45) is 1.33. The van der Waals surface area contributed by atoms with Crippen LogP contribution in [0.1, 0.15) is 18.2 Å². The first-order chi connectivity index (χ1) is 10.0. The van der Waals surface area contributed by atoms with Crippen molar-refractivity contribution >= 4 is 10.0 Å². The molecular weight excluding hydrogens is 297 g/mol. The van der Waals surface area contributed by atoms with E-state index in [1.165, 1.54) is 18.4 Å². The van der Waals surface area contributed by atoms with E-state index in [9.17, 15) is 12.8 Å². The third kappa shape index (κ3) is 4.10. The average Bonchev–Trinajstić information content (AvgIpc) is 2.97. The van der Waals surface area contributed by atoms with E-state index in [-0.39, 0.29) is 11.4 Å². The van der Waals surface area contributed by atoms with Gasteiger partial charge in [0.2, 0.25) is 10.0 Å². The van der Waals surface area contributed by atoms with Gasteiger partial charge in [-0.3, -0.25) is 0 Å². The van der Waals surface area contributed by atoms with Crippen molar-refractivity contribution in [2.24, 2.45) is 0 Å². The predicted molar refractivity (Wildman–Crippen MR) is 74.3 cm³/mol. The fraction of sp³-hybridized carbons (Fsp3) is 0.308. The highest BCUT2D eigenvalue weighted by Crippen LogP contribution is 2.16. The van der Waals surface area contributed by atoms with Crippen LogP contribution in [0.3, 0.4) is 0 Å². The minimum absolute atomic E-state index is 0.0598. The zero-order valence-corrected chi connectivity index (χ0v) is 12.3. The van der Waals surface area contributed by atoms with Gasteiger partial charge in [0.1, 0.15) is 17.0 Å². The summed E-state index contributed by atoms with van der Waals surface area (Å²) in [4.78, 5) is -0.374. The number of nitrogens with zero attached hydrogens (tertiary/aromatic N) is 1. The Kier molecular flexibility index (Phi) is 5.05. The van der Waals surface area contributed by atoms with Crippen LogP contribution in [0.15, 0.2) is 39.9 Å². The van der Waals surface area contributed by atoms with E-state index in [0.29, 0.717) is 17.8 Å². The molecule has 0 saturated heterocycles. The Morgan fingerprint density at radius 2 is 2.10 bits per heavy atom. The highest BCUT2D eigenvalue weighted by atomic mass is 32.2. The smallest absolute Gasteiger partial charge is 0.243 e. The molecule has 0 unspecified atom stereocenters. The van der Waals surface area contributed by atoms with Crippen LogP contribution in [0.5, 0.6) is 0 Å². The van der Waals surface area contributed by atoms with Crippen LogP contribution >= 0.6 is 0 Å². The normalized spacial score (nSPS) is 11.7. The summed E-state index contributed by atoms with van der Waals surface area (Å²) in [5.74, 6) is -0.789. The molecule has 0 saturated carbocycles. The van der Waals surface area contributed by atoms with Crippen LogP contribution in [-0.4, -0.2) is 20.1 Å². The molecule has 0 aliphatic heterocycles. The van der Waals surface area contributed by atoms with Crippen LogP contribution in [0.4, 0.5) is 4.39 Å². The van der Waals surface area contributed by atoms with E-state index < -0.39 is 15.8 Å². The SMILES string of the molecule is CCNCc1ccc(F)c(S(=O)(=O)NCc2ccon2)c1. The molecule has 0 bridgehead atoms. The first-order valence-electron chi connectivity index (χ1n) is 6.41. The van der Waals surface area contributed by atoms with Gasteiger partial charge in [0.05, 0.1) is 12.2 Å². The number of hydrogen-bond donors (Lipinski definition) is 2. The van der Waals surface area contributed by atoms with Crippen LogP contribution in [0.25, 0.3) is 0 Å².